The molecule has 4 N–H and O–H groups in total. The molecule has 0 heterocycles. The van der Waals surface area contributed by atoms with Crippen LogP contribution in [0, 0.1) is 17.3 Å². The van der Waals surface area contributed by atoms with Crippen LogP contribution >= 0.6 is 0 Å². The second kappa shape index (κ2) is 7.07. The molecular weight excluding hydrogens is 358 g/mol. The first-order valence-electron chi connectivity index (χ1n) is 10.3. The Hall–Kier alpha value is -2.08. The van der Waals surface area contributed by atoms with Gasteiger partial charge in [0.05, 0.1) is 18.6 Å². The second-order valence-electron chi connectivity index (χ2n) is 9.08. The fourth-order valence-electron chi connectivity index (χ4n) is 6.20. The third-order valence-corrected chi connectivity index (χ3v) is 7.64. The normalized spacial score (nSPS) is 36.1. The molecule has 2 fully saturated rings. The van der Waals surface area contributed by atoms with E-state index in [2.05, 4.69) is 12.2 Å². The molecule has 3 aliphatic rings. The monoisotopic (exact) mass is 387 g/mol. The molecule has 0 aromatic heterocycles. The molecule has 0 unspecified atom stereocenters. The number of aromatic hydroxyl groups is 1. The summed E-state index contributed by atoms with van der Waals surface area (Å²) in [7, 11) is 0. The highest BCUT2D eigenvalue weighted by molar-refractivity contribution is 5.81. The molecule has 3 aliphatic carbocycles. The number of hydrogen-bond donors (Lipinski definition) is 4. The molecule has 1 amide bonds. The van der Waals surface area contributed by atoms with Crippen LogP contribution in [-0.4, -0.2) is 33.3 Å². The highest BCUT2D eigenvalue weighted by Crippen LogP contribution is 2.62. The lowest BCUT2D eigenvalue weighted by Gasteiger charge is -2.51. The van der Waals surface area contributed by atoms with E-state index in [9.17, 15) is 19.8 Å². The van der Waals surface area contributed by atoms with Crippen molar-refractivity contribution < 1.29 is 24.9 Å². The van der Waals surface area contributed by atoms with Gasteiger partial charge in [-0.25, -0.2) is 0 Å². The number of phenolic OH excluding ortho intramolecular Hbond substituents is 1. The van der Waals surface area contributed by atoms with Crippen LogP contribution in [0.3, 0.4) is 0 Å². The van der Waals surface area contributed by atoms with Crippen molar-refractivity contribution in [2.75, 3.05) is 0 Å². The lowest BCUT2D eigenvalue weighted by molar-refractivity contribution is -0.139. The van der Waals surface area contributed by atoms with Crippen LogP contribution < -0.4 is 5.32 Å². The zero-order valence-corrected chi connectivity index (χ0v) is 16.2. The van der Waals surface area contributed by atoms with Crippen molar-refractivity contribution in [1.29, 1.82) is 0 Å². The number of aliphatic hydroxyl groups excluding tert-OH is 1. The van der Waals surface area contributed by atoms with Crippen LogP contribution in [-0.2, 0) is 9.59 Å². The van der Waals surface area contributed by atoms with E-state index in [1.54, 1.807) is 12.1 Å². The number of carbonyl (C=O) groups excluding carboxylic acids is 1. The molecule has 2 saturated carbocycles. The maximum Gasteiger partial charge on any atom is 0.303 e. The number of fused-ring (bicyclic) bond motifs is 5. The number of benzene rings is 1. The van der Waals surface area contributed by atoms with Gasteiger partial charge in [-0.3, -0.25) is 9.59 Å². The third kappa shape index (κ3) is 3.17. The Bertz CT molecular complexity index is 793. The van der Waals surface area contributed by atoms with Crippen LogP contribution in [0.25, 0.3) is 0 Å². The molecule has 1 aromatic rings. The van der Waals surface area contributed by atoms with Crippen molar-refractivity contribution in [3.8, 4) is 5.75 Å². The fraction of sp³-hybridized carbons (Fsp3) is 0.636. The van der Waals surface area contributed by atoms with Crippen molar-refractivity contribution >= 4 is 11.9 Å². The first-order chi connectivity index (χ1) is 13.3. The van der Waals surface area contributed by atoms with E-state index in [0.717, 1.165) is 37.7 Å². The number of nitrogens with one attached hydrogen (secondary N) is 1. The topological polar surface area (TPSA) is 107 Å². The zero-order valence-electron chi connectivity index (χ0n) is 16.2. The van der Waals surface area contributed by atoms with Crippen molar-refractivity contribution in [2.24, 2.45) is 17.3 Å². The molecule has 28 heavy (non-hydrogen) atoms. The average molecular weight is 387 g/mol. The summed E-state index contributed by atoms with van der Waals surface area (Å²) in [6.07, 6.45) is 4.12. The van der Waals surface area contributed by atoms with E-state index in [4.69, 9.17) is 5.11 Å². The summed E-state index contributed by atoms with van der Waals surface area (Å²) in [6, 6.07) is 5.20. The Kier molecular flexibility index (Phi) is 4.86. The summed E-state index contributed by atoms with van der Waals surface area (Å²) >= 11 is 0. The predicted molar refractivity (Wildman–Crippen MR) is 103 cm³/mol. The summed E-state index contributed by atoms with van der Waals surface area (Å²) < 4.78 is 0. The summed E-state index contributed by atoms with van der Waals surface area (Å²) in [6.45, 7) is 2.21. The Morgan fingerprint density at radius 1 is 1.18 bits per heavy atom. The largest absolute Gasteiger partial charge is 0.508 e. The Balaban J connectivity index is 1.63. The molecular formula is C22H29NO5. The quantitative estimate of drug-likeness (QED) is 0.635. The van der Waals surface area contributed by atoms with E-state index in [1.165, 1.54) is 5.56 Å². The molecule has 6 atom stereocenters. The van der Waals surface area contributed by atoms with Gasteiger partial charge in [0, 0.05) is 6.42 Å². The average Bonchev–Trinajstić information content (AvgIpc) is 2.95. The Morgan fingerprint density at radius 2 is 1.96 bits per heavy atom. The number of rotatable bonds is 4. The summed E-state index contributed by atoms with van der Waals surface area (Å²) in [5, 5.41) is 32.4. The van der Waals surface area contributed by atoms with Gasteiger partial charge in [0.25, 0.3) is 0 Å². The van der Waals surface area contributed by atoms with Gasteiger partial charge in [-0.1, -0.05) is 13.0 Å². The third-order valence-electron chi connectivity index (χ3n) is 7.64. The Labute approximate surface area is 165 Å². The smallest absolute Gasteiger partial charge is 0.303 e. The van der Waals surface area contributed by atoms with Crippen molar-refractivity contribution in [3.63, 3.8) is 0 Å². The number of amides is 1. The zero-order chi connectivity index (χ0) is 20.1. The minimum atomic E-state index is -0.986. The standard InChI is InChI=1S/C22H29NO5/c1-22-9-8-14-13-3-2-12(24)10-16(13)18(23-20(26)6-7-21(27)28)11-15(14)17(22)4-5-19(22)25/h2-3,10,14-15,17-19,24-25H,4-9,11H2,1H3,(H,23,26)(H,27,28)/t14-,15-,17+,18-,19+,22+/m1/s1. The van der Waals surface area contributed by atoms with Gasteiger partial charge in [-0.05, 0) is 78.5 Å². The maximum absolute atomic E-state index is 12.3. The summed E-state index contributed by atoms with van der Waals surface area (Å²) in [4.78, 5) is 23.1. The van der Waals surface area contributed by atoms with Gasteiger partial charge in [-0.2, -0.15) is 0 Å². The van der Waals surface area contributed by atoms with Crippen molar-refractivity contribution in [3.05, 3.63) is 29.3 Å². The molecule has 0 spiro atoms. The summed E-state index contributed by atoms with van der Waals surface area (Å²) in [5.41, 5.74) is 2.07. The lowest BCUT2D eigenvalue weighted by atomic mass is 9.54. The first-order valence-corrected chi connectivity index (χ1v) is 10.3. The molecule has 1 aromatic carbocycles. The molecule has 0 aliphatic heterocycles. The predicted octanol–water partition coefficient (Wildman–Crippen LogP) is 3.09. The van der Waals surface area contributed by atoms with Crippen molar-refractivity contribution in [2.45, 2.75) is 69.9 Å². The fourth-order valence-corrected chi connectivity index (χ4v) is 6.20. The molecule has 0 radical (unpaired) electrons. The maximum atomic E-state index is 12.3. The molecule has 6 heteroatoms. The number of aliphatic carboxylic acids is 1. The van der Waals surface area contributed by atoms with E-state index >= 15 is 0 Å². The van der Waals surface area contributed by atoms with Gasteiger partial charge >= 0.3 is 5.97 Å². The van der Waals surface area contributed by atoms with Gasteiger partial charge < -0.3 is 20.6 Å². The van der Waals surface area contributed by atoms with Crippen LogP contribution in [0.1, 0.15) is 75.0 Å². The minimum absolute atomic E-state index is 0.0477. The highest BCUT2D eigenvalue weighted by Gasteiger charge is 2.55. The van der Waals surface area contributed by atoms with Crippen LogP contribution in [0.5, 0.6) is 5.75 Å². The highest BCUT2D eigenvalue weighted by atomic mass is 16.4. The molecule has 152 valence electrons. The lowest BCUT2D eigenvalue weighted by Crippen LogP contribution is -2.46. The minimum Gasteiger partial charge on any atom is -0.508 e. The van der Waals surface area contributed by atoms with E-state index < -0.39 is 5.97 Å². The van der Waals surface area contributed by atoms with Crippen LogP contribution in [0.2, 0.25) is 0 Å². The van der Waals surface area contributed by atoms with Crippen LogP contribution in [0.4, 0.5) is 0 Å². The van der Waals surface area contributed by atoms with Gasteiger partial charge in [-0.15, -0.1) is 0 Å². The van der Waals surface area contributed by atoms with Crippen LogP contribution in [0.15, 0.2) is 18.2 Å². The molecule has 4 rings (SSSR count). The van der Waals surface area contributed by atoms with Crippen molar-refractivity contribution in [1.82, 2.24) is 5.32 Å². The van der Waals surface area contributed by atoms with E-state index in [1.807, 2.05) is 6.07 Å². The number of aliphatic hydroxyl groups is 1. The van der Waals surface area contributed by atoms with Gasteiger partial charge in [0.1, 0.15) is 5.75 Å². The second-order valence-corrected chi connectivity index (χ2v) is 9.08. The number of carboxylic acid groups (broad SMARTS) is 1. The number of carboxylic acids is 1. The molecule has 6 nitrogen and oxygen atoms in total. The SMILES string of the molecule is C[C@]12CC[C@@H]3c4ccc(O)cc4[C@H](NC(=O)CCC(=O)O)C[C@H]3[C@@H]1CC[C@@H]2O. The Morgan fingerprint density at radius 3 is 2.71 bits per heavy atom. The number of carbonyl (C=O) groups is 2. The summed E-state index contributed by atoms with van der Waals surface area (Å²) in [5.74, 6) is 0.0921. The number of phenols is 1. The molecule has 0 saturated heterocycles. The number of hydrogen-bond acceptors (Lipinski definition) is 4. The van der Waals surface area contributed by atoms with Gasteiger partial charge in [0.15, 0.2) is 0 Å². The molecule has 0 bridgehead atoms. The first kappa shape index (κ1) is 19.2. The van der Waals surface area contributed by atoms with E-state index in [-0.39, 0.29) is 42.1 Å². The van der Waals surface area contributed by atoms with Gasteiger partial charge in [0.2, 0.25) is 5.91 Å². The van der Waals surface area contributed by atoms with E-state index in [0.29, 0.717) is 17.8 Å².